The summed E-state index contributed by atoms with van der Waals surface area (Å²) in [4.78, 5) is 22.0. The monoisotopic (exact) mass is 267 g/mol. The van der Waals surface area contributed by atoms with Crippen molar-refractivity contribution in [1.82, 2.24) is 9.97 Å². The molecule has 0 unspecified atom stereocenters. The topological polar surface area (TPSA) is 46.1 Å². The summed E-state index contributed by atoms with van der Waals surface area (Å²) >= 11 is 0. The highest BCUT2D eigenvalue weighted by Gasteiger charge is 2.20. The lowest BCUT2D eigenvalue weighted by molar-refractivity contribution is -0.111. The standard InChI is InChI=1S/C16H17N3O/c20-12-13-7-10-19(11-8-13)16-17-9-6-15(18-16)14-4-2-1-3-5-14/h1-6,9,12-13H,7-8,10-11H2. The van der Waals surface area contributed by atoms with Gasteiger partial charge in [0.25, 0.3) is 0 Å². The van der Waals surface area contributed by atoms with E-state index in [0.717, 1.165) is 49.4 Å². The van der Waals surface area contributed by atoms with E-state index >= 15 is 0 Å². The molecule has 0 atom stereocenters. The van der Waals surface area contributed by atoms with E-state index in [-0.39, 0.29) is 5.92 Å². The summed E-state index contributed by atoms with van der Waals surface area (Å²) in [6.45, 7) is 1.70. The Kier molecular flexibility index (Phi) is 3.72. The fraction of sp³-hybridized carbons (Fsp3) is 0.312. The van der Waals surface area contributed by atoms with Gasteiger partial charge in [0.15, 0.2) is 0 Å². The number of hydrogen-bond acceptors (Lipinski definition) is 4. The molecule has 102 valence electrons. The average Bonchev–Trinajstić information content (AvgIpc) is 2.56. The quantitative estimate of drug-likeness (QED) is 0.802. The van der Waals surface area contributed by atoms with Gasteiger partial charge in [-0.25, -0.2) is 9.97 Å². The molecule has 1 saturated heterocycles. The Balaban J connectivity index is 1.80. The van der Waals surface area contributed by atoms with Gasteiger partial charge in [0, 0.05) is 30.8 Å². The number of benzene rings is 1. The van der Waals surface area contributed by atoms with Crippen LogP contribution in [0.4, 0.5) is 5.95 Å². The van der Waals surface area contributed by atoms with Crippen molar-refractivity contribution in [2.45, 2.75) is 12.8 Å². The van der Waals surface area contributed by atoms with E-state index < -0.39 is 0 Å². The molecule has 20 heavy (non-hydrogen) atoms. The van der Waals surface area contributed by atoms with E-state index in [1.165, 1.54) is 0 Å². The second-order valence-corrected chi connectivity index (χ2v) is 5.07. The van der Waals surface area contributed by atoms with Crippen LogP contribution in [0, 0.1) is 5.92 Å². The Morgan fingerprint density at radius 3 is 2.55 bits per heavy atom. The third-order valence-electron chi connectivity index (χ3n) is 3.73. The number of carbonyl (C=O) groups is 1. The number of aldehydes is 1. The molecule has 1 aromatic carbocycles. The summed E-state index contributed by atoms with van der Waals surface area (Å²) in [5, 5.41) is 0. The Hall–Kier alpha value is -2.23. The molecule has 3 rings (SSSR count). The van der Waals surface area contributed by atoms with Crippen LogP contribution in [0.1, 0.15) is 12.8 Å². The van der Waals surface area contributed by atoms with Crippen LogP contribution in [0.3, 0.4) is 0 Å². The van der Waals surface area contributed by atoms with Gasteiger partial charge >= 0.3 is 0 Å². The zero-order chi connectivity index (χ0) is 13.8. The molecule has 0 aliphatic carbocycles. The highest BCUT2D eigenvalue weighted by atomic mass is 16.1. The number of aromatic nitrogens is 2. The second-order valence-electron chi connectivity index (χ2n) is 5.07. The molecular formula is C16H17N3O. The molecule has 0 bridgehead atoms. The van der Waals surface area contributed by atoms with E-state index in [1.54, 1.807) is 6.20 Å². The van der Waals surface area contributed by atoms with Gasteiger partial charge in [-0.15, -0.1) is 0 Å². The van der Waals surface area contributed by atoms with E-state index in [2.05, 4.69) is 14.9 Å². The Labute approximate surface area is 118 Å². The van der Waals surface area contributed by atoms with Crippen molar-refractivity contribution >= 4 is 12.2 Å². The lowest BCUT2D eigenvalue weighted by Crippen LogP contribution is -2.35. The molecule has 4 nitrogen and oxygen atoms in total. The van der Waals surface area contributed by atoms with Crippen LogP contribution in [0.2, 0.25) is 0 Å². The van der Waals surface area contributed by atoms with Crippen molar-refractivity contribution in [3.05, 3.63) is 42.6 Å². The van der Waals surface area contributed by atoms with Crippen molar-refractivity contribution < 1.29 is 4.79 Å². The SMILES string of the molecule is O=CC1CCN(c2nccc(-c3ccccc3)n2)CC1. The van der Waals surface area contributed by atoms with Crippen LogP contribution in [-0.4, -0.2) is 29.3 Å². The third kappa shape index (κ3) is 2.69. The summed E-state index contributed by atoms with van der Waals surface area (Å²) < 4.78 is 0. The van der Waals surface area contributed by atoms with E-state index in [0.29, 0.717) is 0 Å². The molecule has 1 fully saturated rings. The van der Waals surface area contributed by atoms with Gasteiger partial charge in [-0.3, -0.25) is 0 Å². The maximum Gasteiger partial charge on any atom is 0.225 e. The molecular weight excluding hydrogens is 250 g/mol. The third-order valence-corrected chi connectivity index (χ3v) is 3.73. The normalized spacial score (nSPS) is 16.1. The van der Waals surface area contributed by atoms with E-state index in [9.17, 15) is 4.79 Å². The van der Waals surface area contributed by atoms with Gasteiger partial charge in [0.1, 0.15) is 6.29 Å². The lowest BCUT2D eigenvalue weighted by atomic mass is 9.99. The minimum Gasteiger partial charge on any atom is -0.341 e. The molecule has 0 saturated carbocycles. The zero-order valence-corrected chi connectivity index (χ0v) is 11.3. The molecule has 1 aliphatic heterocycles. The number of anilines is 1. The molecule has 0 spiro atoms. The first kappa shape index (κ1) is 12.8. The first-order valence-electron chi connectivity index (χ1n) is 6.95. The van der Waals surface area contributed by atoms with Crippen LogP contribution in [-0.2, 0) is 4.79 Å². The summed E-state index contributed by atoms with van der Waals surface area (Å²) in [5.74, 6) is 0.958. The summed E-state index contributed by atoms with van der Waals surface area (Å²) in [5.41, 5.74) is 2.03. The molecule has 1 aliphatic rings. The Bertz CT molecular complexity index is 577. The smallest absolute Gasteiger partial charge is 0.225 e. The van der Waals surface area contributed by atoms with E-state index in [4.69, 9.17) is 0 Å². The van der Waals surface area contributed by atoms with Crippen LogP contribution in [0.15, 0.2) is 42.6 Å². The largest absolute Gasteiger partial charge is 0.341 e. The second kappa shape index (κ2) is 5.82. The molecule has 1 aromatic heterocycles. The van der Waals surface area contributed by atoms with Crippen LogP contribution in [0.5, 0.6) is 0 Å². The zero-order valence-electron chi connectivity index (χ0n) is 11.3. The highest BCUT2D eigenvalue weighted by Crippen LogP contribution is 2.22. The summed E-state index contributed by atoms with van der Waals surface area (Å²) in [6, 6.07) is 12.0. The lowest BCUT2D eigenvalue weighted by Gasteiger charge is -2.29. The van der Waals surface area contributed by atoms with Crippen molar-refractivity contribution in [2.75, 3.05) is 18.0 Å². The molecule has 0 radical (unpaired) electrons. The fourth-order valence-corrected chi connectivity index (χ4v) is 2.51. The Morgan fingerprint density at radius 1 is 1.10 bits per heavy atom. The predicted octanol–water partition coefficient (Wildman–Crippen LogP) is 2.56. The van der Waals surface area contributed by atoms with Crippen LogP contribution in [0.25, 0.3) is 11.3 Å². The van der Waals surface area contributed by atoms with E-state index in [1.807, 2.05) is 36.4 Å². The van der Waals surface area contributed by atoms with Gasteiger partial charge in [-0.1, -0.05) is 30.3 Å². The predicted molar refractivity (Wildman–Crippen MR) is 78.5 cm³/mol. The first-order chi connectivity index (χ1) is 9.86. The van der Waals surface area contributed by atoms with Crippen LogP contribution < -0.4 is 4.90 Å². The number of hydrogen-bond donors (Lipinski definition) is 0. The number of rotatable bonds is 3. The highest BCUT2D eigenvalue weighted by molar-refractivity contribution is 5.60. The minimum absolute atomic E-state index is 0.198. The van der Waals surface area contributed by atoms with Gasteiger partial charge in [-0.05, 0) is 18.9 Å². The molecule has 0 N–H and O–H groups in total. The maximum absolute atomic E-state index is 10.8. The van der Waals surface area contributed by atoms with Crippen molar-refractivity contribution in [2.24, 2.45) is 5.92 Å². The first-order valence-corrected chi connectivity index (χ1v) is 6.95. The van der Waals surface area contributed by atoms with Crippen molar-refractivity contribution in [3.8, 4) is 11.3 Å². The fourth-order valence-electron chi connectivity index (χ4n) is 2.51. The van der Waals surface area contributed by atoms with Gasteiger partial charge in [-0.2, -0.15) is 0 Å². The minimum atomic E-state index is 0.198. The van der Waals surface area contributed by atoms with Crippen molar-refractivity contribution in [3.63, 3.8) is 0 Å². The molecule has 2 heterocycles. The average molecular weight is 267 g/mol. The van der Waals surface area contributed by atoms with Gasteiger partial charge in [0.2, 0.25) is 5.95 Å². The van der Waals surface area contributed by atoms with Gasteiger partial charge < -0.3 is 9.69 Å². The van der Waals surface area contributed by atoms with Crippen molar-refractivity contribution in [1.29, 1.82) is 0 Å². The Morgan fingerprint density at radius 2 is 1.85 bits per heavy atom. The number of piperidine rings is 1. The molecule has 0 amide bonds. The van der Waals surface area contributed by atoms with Gasteiger partial charge in [0.05, 0.1) is 5.69 Å². The molecule has 2 aromatic rings. The molecule has 4 heteroatoms. The number of nitrogens with zero attached hydrogens (tertiary/aromatic N) is 3. The maximum atomic E-state index is 10.8. The number of carbonyl (C=O) groups excluding carboxylic acids is 1. The van der Waals surface area contributed by atoms with Crippen LogP contribution >= 0.6 is 0 Å². The summed E-state index contributed by atoms with van der Waals surface area (Å²) in [6.07, 6.45) is 4.65. The summed E-state index contributed by atoms with van der Waals surface area (Å²) in [7, 11) is 0.